The Morgan fingerprint density at radius 1 is 0.677 bits per heavy atom. The summed E-state index contributed by atoms with van der Waals surface area (Å²) in [6.07, 6.45) is 14.4. The number of rotatable bonds is 17. The molecular weight excluding hydrogens is 378 g/mol. The van der Waals surface area contributed by atoms with Gasteiger partial charge in [0, 0.05) is 11.1 Å². The zero-order valence-electron chi connectivity index (χ0n) is 19.8. The van der Waals surface area contributed by atoms with Gasteiger partial charge in [-0.3, -0.25) is 0 Å². The van der Waals surface area contributed by atoms with Crippen molar-refractivity contribution < 1.29 is 9.22 Å². The van der Waals surface area contributed by atoms with Crippen LogP contribution in [0.5, 0.6) is 0 Å². The van der Waals surface area contributed by atoms with Gasteiger partial charge in [0.25, 0.3) is 0 Å². The molecule has 1 heterocycles. The van der Waals surface area contributed by atoms with E-state index in [0.717, 1.165) is 30.7 Å². The largest absolute Gasteiger partial charge is 0.367 e. The van der Waals surface area contributed by atoms with Gasteiger partial charge in [0.1, 0.15) is 25.7 Å². The lowest BCUT2D eigenvalue weighted by molar-refractivity contribution is -0.954. The first-order chi connectivity index (χ1) is 15.3. The highest BCUT2D eigenvalue weighted by molar-refractivity contribution is 5.15. The molecule has 0 radical (unpaired) electrons. The van der Waals surface area contributed by atoms with E-state index in [1.807, 2.05) is 0 Å². The molecule has 2 heteroatoms. The van der Waals surface area contributed by atoms with Crippen LogP contribution in [0.2, 0.25) is 0 Å². The molecule has 1 atom stereocenters. The normalized spacial score (nSPS) is 15.8. The van der Waals surface area contributed by atoms with E-state index >= 15 is 0 Å². The van der Waals surface area contributed by atoms with Crippen molar-refractivity contribution in [2.45, 2.75) is 90.3 Å². The van der Waals surface area contributed by atoms with Crippen molar-refractivity contribution in [3.8, 4) is 0 Å². The van der Waals surface area contributed by atoms with Crippen molar-refractivity contribution in [1.82, 2.24) is 0 Å². The van der Waals surface area contributed by atoms with Gasteiger partial charge in [-0.15, -0.1) is 0 Å². The maximum absolute atomic E-state index is 5.72. The van der Waals surface area contributed by atoms with Gasteiger partial charge < -0.3 is 9.22 Å². The maximum Gasteiger partial charge on any atom is 0.130 e. The summed E-state index contributed by atoms with van der Waals surface area (Å²) in [6.45, 7) is 7.84. The molecule has 1 aliphatic heterocycles. The van der Waals surface area contributed by atoms with Crippen LogP contribution in [0.15, 0.2) is 60.7 Å². The summed E-state index contributed by atoms with van der Waals surface area (Å²) < 4.78 is 6.84. The predicted octanol–water partition coefficient (Wildman–Crippen LogP) is 7.52. The Morgan fingerprint density at radius 2 is 1.13 bits per heavy atom. The van der Waals surface area contributed by atoms with Gasteiger partial charge >= 0.3 is 0 Å². The van der Waals surface area contributed by atoms with Crippen LogP contribution < -0.4 is 0 Å². The first-order valence-electron chi connectivity index (χ1n) is 12.8. The van der Waals surface area contributed by atoms with Crippen LogP contribution in [0.1, 0.15) is 82.3 Å². The first-order valence-corrected chi connectivity index (χ1v) is 12.8. The van der Waals surface area contributed by atoms with Gasteiger partial charge in [-0.2, -0.15) is 0 Å². The highest BCUT2D eigenvalue weighted by Crippen LogP contribution is 2.26. The Kier molecular flexibility index (Phi) is 10.6. The molecule has 0 spiro atoms. The van der Waals surface area contributed by atoms with Crippen LogP contribution in [-0.2, 0) is 17.8 Å². The molecule has 0 saturated carbocycles. The van der Waals surface area contributed by atoms with E-state index in [1.165, 1.54) is 81.9 Å². The van der Waals surface area contributed by atoms with Crippen molar-refractivity contribution in [3.63, 3.8) is 0 Å². The summed E-state index contributed by atoms with van der Waals surface area (Å²) in [5, 5.41) is 0. The lowest BCUT2D eigenvalue weighted by atomic mass is 10.0. The van der Waals surface area contributed by atoms with Crippen LogP contribution in [0.4, 0.5) is 0 Å². The highest BCUT2D eigenvalue weighted by Gasteiger charge is 2.37. The van der Waals surface area contributed by atoms with Crippen molar-refractivity contribution in [2.75, 3.05) is 19.7 Å². The van der Waals surface area contributed by atoms with E-state index in [4.69, 9.17) is 4.74 Å². The summed E-state index contributed by atoms with van der Waals surface area (Å²) in [5.41, 5.74) is 2.90. The fourth-order valence-corrected chi connectivity index (χ4v) is 4.92. The number of hydrogen-bond donors (Lipinski definition) is 0. The SMILES string of the molecule is CCCCCCCCCCCC[N+](Cc1ccccc1)(Cc1ccccc1)CC1CO1. The standard InChI is InChI=1S/C29H44NO/c1-2-3-4-5-6-7-8-9-10-17-22-30(25-29-26-31-29,23-27-18-13-11-14-19-27)24-28-20-15-12-16-21-28/h11-16,18-21,29H,2-10,17,22-26H2,1H3/q+1. The molecule has 0 N–H and O–H groups in total. The zero-order chi connectivity index (χ0) is 21.6. The average Bonchev–Trinajstić information content (AvgIpc) is 3.60. The molecule has 31 heavy (non-hydrogen) atoms. The lowest BCUT2D eigenvalue weighted by Gasteiger charge is -2.39. The molecule has 1 fully saturated rings. The van der Waals surface area contributed by atoms with Gasteiger partial charge in [0.05, 0.1) is 13.2 Å². The molecule has 0 aliphatic carbocycles. The number of ether oxygens (including phenoxy) is 1. The molecule has 0 bridgehead atoms. The number of epoxide rings is 1. The average molecular weight is 423 g/mol. The number of unbranched alkanes of at least 4 members (excludes halogenated alkanes) is 9. The molecule has 0 aromatic heterocycles. The molecule has 170 valence electrons. The number of benzene rings is 2. The molecule has 1 saturated heterocycles. The smallest absolute Gasteiger partial charge is 0.130 e. The maximum atomic E-state index is 5.72. The summed E-state index contributed by atoms with van der Waals surface area (Å²) in [7, 11) is 0. The fraction of sp³-hybridized carbons (Fsp3) is 0.586. The number of quaternary nitrogens is 1. The zero-order valence-corrected chi connectivity index (χ0v) is 19.8. The Balaban J connectivity index is 1.53. The van der Waals surface area contributed by atoms with Crippen LogP contribution in [-0.4, -0.2) is 30.3 Å². The predicted molar refractivity (Wildman–Crippen MR) is 132 cm³/mol. The topological polar surface area (TPSA) is 12.5 Å². The second-order valence-electron chi connectivity index (χ2n) is 9.67. The fourth-order valence-electron chi connectivity index (χ4n) is 4.92. The van der Waals surface area contributed by atoms with Crippen LogP contribution in [0.3, 0.4) is 0 Å². The van der Waals surface area contributed by atoms with E-state index in [-0.39, 0.29) is 0 Å². The van der Waals surface area contributed by atoms with Crippen LogP contribution in [0.25, 0.3) is 0 Å². The van der Waals surface area contributed by atoms with E-state index in [0.29, 0.717) is 6.10 Å². The van der Waals surface area contributed by atoms with Crippen molar-refractivity contribution in [2.24, 2.45) is 0 Å². The van der Waals surface area contributed by atoms with Gasteiger partial charge in [0.2, 0.25) is 0 Å². The Hall–Kier alpha value is -1.64. The van der Waals surface area contributed by atoms with Crippen LogP contribution in [0, 0.1) is 0 Å². The molecule has 3 rings (SSSR count). The number of hydrogen-bond acceptors (Lipinski definition) is 1. The first kappa shape index (κ1) is 24.0. The highest BCUT2D eigenvalue weighted by atomic mass is 16.6. The van der Waals surface area contributed by atoms with Gasteiger partial charge in [-0.05, 0) is 12.8 Å². The van der Waals surface area contributed by atoms with Crippen molar-refractivity contribution >= 4 is 0 Å². The Bertz CT molecular complexity index is 654. The van der Waals surface area contributed by atoms with E-state index in [2.05, 4.69) is 67.6 Å². The van der Waals surface area contributed by atoms with Gasteiger partial charge in [-0.25, -0.2) is 0 Å². The minimum atomic E-state index is 0.454. The van der Waals surface area contributed by atoms with E-state index in [9.17, 15) is 0 Å². The molecule has 2 aromatic carbocycles. The van der Waals surface area contributed by atoms with Crippen LogP contribution >= 0.6 is 0 Å². The molecule has 2 aromatic rings. The third kappa shape index (κ3) is 9.58. The summed E-state index contributed by atoms with van der Waals surface area (Å²) in [4.78, 5) is 0. The summed E-state index contributed by atoms with van der Waals surface area (Å²) in [5.74, 6) is 0. The van der Waals surface area contributed by atoms with E-state index < -0.39 is 0 Å². The molecule has 1 unspecified atom stereocenters. The monoisotopic (exact) mass is 422 g/mol. The minimum Gasteiger partial charge on any atom is -0.367 e. The summed E-state index contributed by atoms with van der Waals surface area (Å²) >= 11 is 0. The third-order valence-corrected chi connectivity index (χ3v) is 6.70. The second kappa shape index (κ2) is 13.7. The number of nitrogens with zero attached hydrogens (tertiary/aromatic N) is 1. The minimum absolute atomic E-state index is 0.454. The Morgan fingerprint density at radius 3 is 1.58 bits per heavy atom. The quantitative estimate of drug-likeness (QED) is 0.146. The van der Waals surface area contributed by atoms with E-state index in [1.54, 1.807) is 0 Å². The Labute approximate surface area is 191 Å². The summed E-state index contributed by atoms with van der Waals surface area (Å²) in [6, 6.07) is 22.2. The molecular formula is C29H44NO+. The molecule has 2 nitrogen and oxygen atoms in total. The second-order valence-corrected chi connectivity index (χ2v) is 9.67. The van der Waals surface area contributed by atoms with Crippen molar-refractivity contribution in [1.29, 1.82) is 0 Å². The molecule has 1 aliphatic rings. The lowest BCUT2D eigenvalue weighted by Crippen LogP contribution is -2.49. The third-order valence-electron chi connectivity index (χ3n) is 6.70. The van der Waals surface area contributed by atoms with Crippen molar-refractivity contribution in [3.05, 3.63) is 71.8 Å². The molecule has 0 amide bonds. The van der Waals surface area contributed by atoms with Gasteiger partial charge in [0.15, 0.2) is 0 Å². The van der Waals surface area contributed by atoms with Gasteiger partial charge in [-0.1, -0.05) is 119 Å².